The summed E-state index contributed by atoms with van der Waals surface area (Å²) in [4.78, 5) is 17.4. The first-order chi connectivity index (χ1) is 14.5. The Labute approximate surface area is 179 Å². The molecule has 2 fully saturated rings. The number of piperidine rings is 1. The molecule has 0 saturated carbocycles. The van der Waals surface area contributed by atoms with Gasteiger partial charge in [0.05, 0.1) is 18.8 Å². The zero-order valence-corrected chi connectivity index (χ0v) is 18.6. The SMILES string of the molecule is CCN(C1CCOCC1)C1C(C)C(c2cc3c(C(=O)OC)cccc3o2)CCN1C. The minimum absolute atomic E-state index is 0.318. The fraction of sp³-hybridized carbons (Fsp3) is 0.625. The molecule has 1 aromatic heterocycles. The summed E-state index contributed by atoms with van der Waals surface area (Å²) >= 11 is 0. The molecule has 2 aliphatic rings. The van der Waals surface area contributed by atoms with Crippen molar-refractivity contribution in [1.29, 1.82) is 0 Å². The summed E-state index contributed by atoms with van der Waals surface area (Å²) in [5.41, 5.74) is 1.33. The molecule has 6 nitrogen and oxygen atoms in total. The molecule has 0 spiro atoms. The standard InChI is InChI=1S/C24H34N2O4/c1-5-26(17-10-13-29-14-11-17)23-16(2)18(9-12-25(23)3)22-15-20-19(24(27)28-4)7-6-8-21(20)30-22/h6-8,15-18,23H,5,9-14H2,1-4H3. The average molecular weight is 415 g/mol. The van der Waals surface area contributed by atoms with E-state index in [0.717, 1.165) is 62.3 Å². The zero-order chi connectivity index (χ0) is 21.3. The summed E-state index contributed by atoms with van der Waals surface area (Å²) in [5.74, 6) is 1.39. The van der Waals surface area contributed by atoms with E-state index >= 15 is 0 Å². The van der Waals surface area contributed by atoms with Crippen molar-refractivity contribution in [1.82, 2.24) is 9.80 Å². The Balaban J connectivity index is 1.64. The molecule has 1 aromatic carbocycles. The summed E-state index contributed by atoms with van der Waals surface area (Å²) in [7, 11) is 3.66. The van der Waals surface area contributed by atoms with Gasteiger partial charge in [0.1, 0.15) is 11.3 Å². The summed E-state index contributed by atoms with van der Waals surface area (Å²) in [6.07, 6.45) is 3.61. The van der Waals surface area contributed by atoms with Crippen molar-refractivity contribution in [3.63, 3.8) is 0 Å². The van der Waals surface area contributed by atoms with E-state index in [1.165, 1.54) is 7.11 Å². The van der Waals surface area contributed by atoms with Gasteiger partial charge in [0.2, 0.25) is 0 Å². The van der Waals surface area contributed by atoms with Crippen LogP contribution in [-0.4, -0.2) is 68.4 Å². The number of carbonyl (C=O) groups is 1. The Morgan fingerprint density at radius 1 is 1.27 bits per heavy atom. The van der Waals surface area contributed by atoms with Crippen molar-refractivity contribution >= 4 is 16.9 Å². The maximum Gasteiger partial charge on any atom is 0.338 e. The van der Waals surface area contributed by atoms with Gasteiger partial charge in [0, 0.05) is 37.1 Å². The number of rotatable bonds is 5. The normalized spacial score (nSPS) is 26.4. The topological polar surface area (TPSA) is 55.1 Å². The monoisotopic (exact) mass is 414 g/mol. The molecular weight excluding hydrogens is 380 g/mol. The van der Waals surface area contributed by atoms with Gasteiger partial charge in [-0.3, -0.25) is 9.80 Å². The van der Waals surface area contributed by atoms with Gasteiger partial charge in [-0.05, 0) is 57.0 Å². The van der Waals surface area contributed by atoms with Crippen molar-refractivity contribution in [2.24, 2.45) is 5.92 Å². The van der Waals surface area contributed by atoms with E-state index < -0.39 is 0 Å². The van der Waals surface area contributed by atoms with Gasteiger partial charge in [0.15, 0.2) is 0 Å². The summed E-state index contributed by atoms with van der Waals surface area (Å²) < 4.78 is 16.9. The third-order valence-electron chi connectivity index (χ3n) is 7.07. The third-order valence-corrected chi connectivity index (χ3v) is 7.07. The van der Waals surface area contributed by atoms with Gasteiger partial charge in [-0.1, -0.05) is 19.9 Å². The lowest BCUT2D eigenvalue weighted by atomic mass is 9.81. The quantitative estimate of drug-likeness (QED) is 0.687. The second kappa shape index (κ2) is 9.08. The van der Waals surface area contributed by atoms with Crippen LogP contribution in [0.15, 0.2) is 28.7 Å². The lowest BCUT2D eigenvalue weighted by Crippen LogP contribution is -2.58. The predicted molar refractivity (Wildman–Crippen MR) is 117 cm³/mol. The van der Waals surface area contributed by atoms with Crippen LogP contribution in [-0.2, 0) is 9.47 Å². The molecule has 3 atom stereocenters. The Kier molecular flexibility index (Phi) is 6.46. The molecule has 3 unspecified atom stereocenters. The predicted octanol–water partition coefficient (Wildman–Crippen LogP) is 4.10. The zero-order valence-electron chi connectivity index (χ0n) is 18.6. The van der Waals surface area contributed by atoms with E-state index in [0.29, 0.717) is 29.6 Å². The van der Waals surface area contributed by atoms with Crippen LogP contribution in [0.25, 0.3) is 11.0 Å². The number of methoxy groups -OCH3 is 1. The number of esters is 1. The van der Waals surface area contributed by atoms with Crippen LogP contribution < -0.4 is 0 Å². The molecular formula is C24H34N2O4. The van der Waals surface area contributed by atoms with Crippen LogP contribution >= 0.6 is 0 Å². The van der Waals surface area contributed by atoms with Crippen molar-refractivity contribution in [2.45, 2.75) is 51.2 Å². The highest BCUT2D eigenvalue weighted by Crippen LogP contribution is 2.41. The lowest BCUT2D eigenvalue weighted by molar-refractivity contribution is -0.0648. The summed E-state index contributed by atoms with van der Waals surface area (Å²) in [6, 6.07) is 8.22. The Hall–Kier alpha value is -1.89. The van der Waals surface area contributed by atoms with Crippen LogP contribution in [0.5, 0.6) is 0 Å². The maximum atomic E-state index is 12.2. The number of fused-ring (bicyclic) bond motifs is 1. The first kappa shape index (κ1) is 21.3. The van der Waals surface area contributed by atoms with E-state index in [9.17, 15) is 4.79 Å². The first-order valence-electron chi connectivity index (χ1n) is 11.2. The molecule has 3 heterocycles. The summed E-state index contributed by atoms with van der Waals surface area (Å²) in [6.45, 7) is 8.39. The van der Waals surface area contributed by atoms with Gasteiger partial charge in [0.25, 0.3) is 0 Å². The molecule has 2 saturated heterocycles. The molecule has 4 rings (SSSR count). The van der Waals surface area contributed by atoms with E-state index in [4.69, 9.17) is 13.9 Å². The lowest BCUT2D eigenvalue weighted by Gasteiger charge is -2.50. The second-order valence-electron chi connectivity index (χ2n) is 8.68. The van der Waals surface area contributed by atoms with E-state index in [1.807, 2.05) is 12.1 Å². The fourth-order valence-corrected chi connectivity index (χ4v) is 5.53. The smallest absolute Gasteiger partial charge is 0.338 e. The molecule has 2 aliphatic heterocycles. The fourth-order valence-electron chi connectivity index (χ4n) is 5.53. The van der Waals surface area contributed by atoms with Gasteiger partial charge in [-0.25, -0.2) is 4.79 Å². The highest BCUT2D eigenvalue weighted by atomic mass is 16.5. The van der Waals surface area contributed by atoms with E-state index in [-0.39, 0.29) is 5.97 Å². The molecule has 6 heteroatoms. The van der Waals surface area contributed by atoms with Crippen LogP contribution in [0.4, 0.5) is 0 Å². The number of carbonyl (C=O) groups excluding carboxylic acids is 1. The molecule has 0 N–H and O–H groups in total. The Bertz CT molecular complexity index is 873. The average Bonchev–Trinajstić information content (AvgIpc) is 3.20. The number of nitrogens with zero attached hydrogens (tertiary/aromatic N) is 2. The van der Waals surface area contributed by atoms with E-state index in [2.05, 4.69) is 36.8 Å². The van der Waals surface area contributed by atoms with Crippen LogP contribution in [0.3, 0.4) is 0 Å². The minimum atomic E-state index is -0.320. The van der Waals surface area contributed by atoms with Gasteiger partial charge in [-0.2, -0.15) is 0 Å². The van der Waals surface area contributed by atoms with Crippen LogP contribution in [0.2, 0.25) is 0 Å². The Morgan fingerprint density at radius 2 is 2.03 bits per heavy atom. The number of hydrogen-bond donors (Lipinski definition) is 0. The van der Waals surface area contributed by atoms with Crippen LogP contribution in [0.1, 0.15) is 55.1 Å². The number of furan rings is 1. The van der Waals surface area contributed by atoms with Gasteiger partial charge in [-0.15, -0.1) is 0 Å². The summed E-state index contributed by atoms with van der Waals surface area (Å²) in [5, 5.41) is 0.846. The first-order valence-corrected chi connectivity index (χ1v) is 11.2. The molecule has 0 radical (unpaired) electrons. The molecule has 0 aliphatic carbocycles. The second-order valence-corrected chi connectivity index (χ2v) is 8.68. The molecule has 30 heavy (non-hydrogen) atoms. The van der Waals surface area contributed by atoms with Crippen molar-refractivity contribution in [3.05, 3.63) is 35.6 Å². The minimum Gasteiger partial charge on any atom is -0.465 e. The largest absolute Gasteiger partial charge is 0.465 e. The van der Waals surface area contributed by atoms with Gasteiger partial charge >= 0.3 is 5.97 Å². The van der Waals surface area contributed by atoms with E-state index in [1.54, 1.807) is 6.07 Å². The molecule has 164 valence electrons. The van der Waals surface area contributed by atoms with Crippen molar-refractivity contribution < 1.29 is 18.7 Å². The number of hydrogen-bond acceptors (Lipinski definition) is 6. The molecule has 0 amide bonds. The number of ether oxygens (including phenoxy) is 2. The highest BCUT2D eigenvalue weighted by Gasteiger charge is 2.41. The highest BCUT2D eigenvalue weighted by molar-refractivity contribution is 6.03. The van der Waals surface area contributed by atoms with Crippen molar-refractivity contribution in [3.8, 4) is 0 Å². The van der Waals surface area contributed by atoms with Crippen LogP contribution in [0, 0.1) is 5.92 Å². The molecule has 2 aromatic rings. The Morgan fingerprint density at radius 3 is 2.73 bits per heavy atom. The van der Waals surface area contributed by atoms with Crippen molar-refractivity contribution in [2.75, 3.05) is 40.5 Å². The maximum absolute atomic E-state index is 12.2. The van der Waals surface area contributed by atoms with Gasteiger partial charge < -0.3 is 13.9 Å². The number of benzene rings is 1. The number of likely N-dealkylation sites (tertiary alicyclic amines) is 1. The third kappa shape index (κ3) is 3.88. The molecule has 0 bridgehead atoms.